The number of hydrogen-bond donors (Lipinski definition) is 1. The zero-order valence-electron chi connectivity index (χ0n) is 16.9. The van der Waals surface area contributed by atoms with Gasteiger partial charge in [0.2, 0.25) is 5.91 Å². The lowest BCUT2D eigenvalue weighted by Crippen LogP contribution is -2.62. The molecule has 8 heteroatoms. The van der Waals surface area contributed by atoms with Crippen molar-refractivity contribution in [1.82, 2.24) is 9.80 Å². The van der Waals surface area contributed by atoms with Crippen molar-refractivity contribution in [3.05, 3.63) is 24.3 Å². The van der Waals surface area contributed by atoms with Gasteiger partial charge in [-0.15, -0.1) is 0 Å². The minimum Gasteiger partial charge on any atom is -0.450 e. The molecule has 29 heavy (non-hydrogen) atoms. The summed E-state index contributed by atoms with van der Waals surface area (Å²) in [5.41, 5.74) is 0.692. The Kier molecular flexibility index (Phi) is 5.45. The first-order valence-electron chi connectivity index (χ1n) is 10.4. The van der Waals surface area contributed by atoms with E-state index < -0.39 is 5.54 Å². The number of anilines is 2. The topological polar surface area (TPSA) is 82.2 Å². The van der Waals surface area contributed by atoms with E-state index in [1.165, 1.54) is 0 Å². The standard InChI is InChI=1S/C21H28N4O4/c1-2-29-20(28)24-13-11-23(12-14-24)15-18(26)25-17-8-4-3-7-16(17)22-19(27)21(25)9-5-6-10-21/h3-4,7-8H,2,5-6,9-15H2,1H3,(H,22,27). The predicted molar refractivity (Wildman–Crippen MR) is 109 cm³/mol. The number of para-hydroxylation sites is 2. The van der Waals surface area contributed by atoms with Gasteiger partial charge in [-0.1, -0.05) is 25.0 Å². The Hall–Kier alpha value is -2.61. The minimum absolute atomic E-state index is 0.0567. The molecule has 2 aliphatic heterocycles. The van der Waals surface area contributed by atoms with Gasteiger partial charge in [0, 0.05) is 26.2 Å². The van der Waals surface area contributed by atoms with Crippen LogP contribution in [0.1, 0.15) is 32.6 Å². The van der Waals surface area contributed by atoms with E-state index in [9.17, 15) is 14.4 Å². The molecular weight excluding hydrogens is 372 g/mol. The summed E-state index contributed by atoms with van der Waals surface area (Å²) in [4.78, 5) is 43.8. The molecule has 4 rings (SSSR count). The molecule has 1 aromatic rings. The highest BCUT2D eigenvalue weighted by atomic mass is 16.6. The molecule has 1 saturated carbocycles. The third kappa shape index (κ3) is 3.57. The molecule has 0 radical (unpaired) electrons. The van der Waals surface area contributed by atoms with E-state index in [0.717, 1.165) is 18.5 Å². The normalized spacial score (nSPS) is 21.1. The third-order valence-corrected chi connectivity index (χ3v) is 6.18. The van der Waals surface area contributed by atoms with E-state index in [4.69, 9.17) is 4.74 Å². The van der Waals surface area contributed by atoms with Gasteiger partial charge < -0.3 is 15.0 Å². The summed E-state index contributed by atoms with van der Waals surface area (Å²) < 4.78 is 5.06. The van der Waals surface area contributed by atoms with Gasteiger partial charge in [-0.3, -0.25) is 19.4 Å². The van der Waals surface area contributed by atoms with Crippen LogP contribution in [0.2, 0.25) is 0 Å². The molecule has 3 amide bonds. The fraction of sp³-hybridized carbons (Fsp3) is 0.571. The van der Waals surface area contributed by atoms with Gasteiger partial charge in [0.05, 0.1) is 24.5 Å². The number of carbonyl (C=O) groups excluding carboxylic acids is 3. The number of carbonyl (C=O) groups is 3. The highest BCUT2D eigenvalue weighted by molar-refractivity contribution is 6.15. The smallest absolute Gasteiger partial charge is 0.409 e. The number of hydrogen-bond acceptors (Lipinski definition) is 5. The van der Waals surface area contributed by atoms with Crippen molar-refractivity contribution >= 4 is 29.3 Å². The van der Waals surface area contributed by atoms with Crippen LogP contribution in [0.3, 0.4) is 0 Å². The summed E-state index contributed by atoms with van der Waals surface area (Å²) >= 11 is 0. The maximum atomic E-state index is 13.5. The molecule has 1 aliphatic carbocycles. The Morgan fingerprint density at radius 2 is 1.79 bits per heavy atom. The van der Waals surface area contributed by atoms with Crippen LogP contribution in [-0.2, 0) is 14.3 Å². The molecule has 2 heterocycles. The third-order valence-electron chi connectivity index (χ3n) is 6.18. The second-order valence-corrected chi connectivity index (χ2v) is 7.90. The summed E-state index contributed by atoms with van der Waals surface area (Å²) in [6, 6.07) is 7.51. The largest absolute Gasteiger partial charge is 0.450 e. The Morgan fingerprint density at radius 3 is 2.48 bits per heavy atom. The lowest BCUT2D eigenvalue weighted by Gasteiger charge is -2.45. The predicted octanol–water partition coefficient (Wildman–Crippen LogP) is 2.06. The highest BCUT2D eigenvalue weighted by Gasteiger charge is 2.52. The molecule has 8 nitrogen and oxygen atoms in total. The molecule has 2 fully saturated rings. The fourth-order valence-corrected chi connectivity index (χ4v) is 4.69. The van der Waals surface area contributed by atoms with Crippen molar-refractivity contribution in [1.29, 1.82) is 0 Å². The van der Waals surface area contributed by atoms with Crippen molar-refractivity contribution in [2.24, 2.45) is 0 Å². The molecule has 1 aromatic carbocycles. The van der Waals surface area contributed by atoms with Gasteiger partial charge in [-0.25, -0.2) is 4.79 Å². The summed E-state index contributed by atoms with van der Waals surface area (Å²) in [7, 11) is 0. The molecule has 3 aliphatic rings. The molecule has 156 valence electrons. The molecule has 0 bridgehead atoms. The summed E-state index contributed by atoms with van der Waals surface area (Å²) in [6.45, 7) is 4.68. The second kappa shape index (κ2) is 8.02. The fourth-order valence-electron chi connectivity index (χ4n) is 4.69. The van der Waals surface area contributed by atoms with E-state index in [2.05, 4.69) is 10.2 Å². The van der Waals surface area contributed by atoms with E-state index in [1.54, 1.807) is 16.7 Å². The number of amides is 3. The molecule has 1 spiro atoms. The highest BCUT2D eigenvalue weighted by Crippen LogP contribution is 2.45. The quantitative estimate of drug-likeness (QED) is 0.840. The number of rotatable bonds is 3. The van der Waals surface area contributed by atoms with Crippen molar-refractivity contribution < 1.29 is 19.1 Å². The summed E-state index contributed by atoms with van der Waals surface area (Å²) in [5.74, 6) is -0.132. The molecule has 1 saturated heterocycles. The van der Waals surface area contributed by atoms with Gasteiger partial charge in [-0.05, 0) is 31.9 Å². The van der Waals surface area contributed by atoms with Gasteiger partial charge in [0.15, 0.2) is 0 Å². The molecule has 0 unspecified atom stereocenters. The van der Waals surface area contributed by atoms with Crippen LogP contribution in [-0.4, -0.2) is 72.6 Å². The van der Waals surface area contributed by atoms with Crippen LogP contribution in [0.4, 0.5) is 16.2 Å². The number of fused-ring (bicyclic) bond motifs is 1. The Morgan fingerprint density at radius 1 is 1.10 bits per heavy atom. The number of nitrogens with zero attached hydrogens (tertiary/aromatic N) is 3. The zero-order valence-corrected chi connectivity index (χ0v) is 16.9. The number of benzene rings is 1. The number of ether oxygens (including phenoxy) is 1. The average Bonchev–Trinajstić information content (AvgIpc) is 3.20. The summed E-state index contributed by atoms with van der Waals surface area (Å²) in [6.07, 6.45) is 2.96. The van der Waals surface area contributed by atoms with E-state index in [-0.39, 0.29) is 24.5 Å². The molecule has 1 N–H and O–H groups in total. The first kappa shape index (κ1) is 19.7. The van der Waals surface area contributed by atoms with E-state index in [1.807, 2.05) is 24.3 Å². The maximum absolute atomic E-state index is 13.5. The van der Waals surface area contributed by atoms with Crippen LogP contribution < -0.4 is 10.2 Å². The van der Waals surface area contributed by atoms with E-state index in [0.29, 0.717) is 51.3 Å². The van der Waals surface area contributed by atoms with Crippen molar-refractivity contribution in [2.75, 3.05) is 49.5 Å². The van der Waals surface area contributed by atoms with Crippen LogP contribution >= 0.6 is 0 Å². The van der Waals surface area contributed by atoms with Gasteiger partial charge in [0.25, 0.3) is 5.91 Å². The molecule has 0 aromatic heterocycles. The van der Waals surface area contributed by atoms with Crippen molar-refractivity contribution in [3.63, 3.8) is 0 Å². The van der Waals surface area contributed by atoms with Crippen LogP contribution in [0, 0.1) is 0 Å². The van der Waals surface area contributed by atoms with E-state index >= 15 is 0 Å². The Bertz CT molecular complexity index is 798. The van der Waals surface area contributed by atoms with Gasteiger partial charge >= 0.3 is 6.09 Å². The van der Waals surface area contributed by atoms with Crippen LogP contribution in [0.15, 0.2) is 24.3 Å². The summed E-state index contributed by atoms with van der Waals surface area (Å²) in [5, 5.41) is 3.01. The zero-order chi connectivity index (χ0) is 20.4. The first-order chi connectivity index (χ1) is 14.0. The van der Waals surface area contributed by atoms with Crippen LogP contribution in [0.25, 0.3) is 0 Å². The van der Waals surface area contributed by atoms with Gasteiger partial charge in [-0.2, -0.15) is 0 Å². The molecular formula is C21H28N4O4. The van der Waals surface area contributed by atoms with Gasteiger partial charge in [0.1, 0.15) is 5.54 Å². The lowest BCUT2D eigenvalue weighted by atomic mass is 9.89. The van der Waals surface area contributed by atoms with Crippen LogP contribution in [0.5, 0.6) is 0 Å². The number of nitrogens with one attached hydrogen (secondary N) is 1. The lowest BCUT2D eigenvalue weighted by molar-refractivity contribution is -0.128. The Labute approximate surface area is 170 Å². The SMILES string of the molecule is CCOC(=O)N1CCN(CC(=O)N2c3ccccc3NC(=O)C23CCCC3)CC1. The average molecular weight is 400 g/mol. The first-order valence-corrected chi connectivity index (χ1v) is 10.4. The number of piperazine rings is 1. The molecule has 0 atom stereocenters. The Balaban J connectivity index is 1.50. The monoisotopic (exact) mass is 400 g/mol. The van der Waals surface area contributed by atoms with Crippen molar-refractivity contribution in [3.8, 4) is 0 Å². The second-order valence-electron chi connectivity index (χ2n) is 7.90. The van der Waals surface area contributed by atoms with Crippen molar-refractivity contribution in [2.45, 2.75) is 38.1 Å². The maximum Gasteiger partial charge on any atom is 0.409 e. The minimum atomic E-state index is -0.780.